The molecule has 3 amide bonds. The number of ether oxygens (including phenoxy) is 2. The van der Waals surface area contributed by atoms with Gasteiger partial charge in [0.2, 0.25) is 0 Å². The van der Waals surface area contributed by atoms with Gasteiger partial charge >= 0.3 is 12.0 Å². The van der Waals surface area contributed by atoms with E-state index in [1.165, 1.54) is 6.26 Å². The predicted molar refractivity (Wildman–Crippen MR) is 96.1 cm³/mol. The third-order valence-corrected chi connectivity index (χ3v) is 3.26. The summed E-state index contributed by atoms with van der Waals surface area (Å²) in [5.41, 5.74) is 0.280. The number of hydrogen-bond donors (Lipinski definition) is 2. The summed E-state index contributed by atoms with van der Waals surface area (Å²) >= 11 is 0. The Labute approximate surface area is 156 Å². The smallest absolute Gasteiger partial charge is 0.338 e. The van der Waals surface area contributed by atoms with Crippen molar-refractivity contribution in [3.63, 3.8) is 0 Å². The molecule has 1 aromatic heterocycles. The van der Waals surface area contributed by atoms with Gasteiger partial charge in [0.25, 0.3) is 5.91 Å². The lowest BCUT2D eigenvalue weighted by molar-refractivity contribution is -0.123. The highest BCUT2D eigenvalue weighted by molar-refractivity contribution is 5.97. The standard InChI is InChI=1S/C19H22N2O6/c1-13(2)11-26-15-7-5-14(6-8-15)18(23)27-12-17(22)21-19(24)20-10-16-4-3-9-25-16/h3-9,13H,10-12H2,1-2H3,(H2,20,21,22,24). The Morgan fingerprint density at radius 3 is 2.48 bits per heavy atom. The van der Waals surface area contributed by atoms with Gasteiger partial charge < -0.3 is 19.2 Å². The molecule has 8 nitrogen and oxygen atoms in total. The minimum Gasteiger partial charge on any atom is -0.493 e. The van der Waals surface area contributed by atoms with Crippen LogP contribution in [0.25, 0.3) is 0 Å². The fourth-order valence-electron chi connectivity index (χ4n) is 1.95. The maximum atomic E-state index is 11.9. The fraction of sp³-hybridized carbons (Fsp3) is 0.316. The summed E-state index contributed by atoms with van der Waals surface area (Å²) in [4.78, 5) is 35.2. The molecule has 0 spiro atoms. The van der Waals surface area contributed by atoms with Crippen molar-refractivity contribution in [2.45, 2.75) is 20.4 Å². The first-order valence-electron chi connectivity index (χ1n) is 8.44. The number of carbonyl (C=O) groups is 3. The number of urea groups is 1. The van der Waals surface area contributed by atoms with Crippen LogP contribution in [-0.2, 0) is 16.1 Å². The summed E-state index contributed by atoms with van der Waals surface area (Å²) in [6.07, 6.45) is 1.47. The SMILES string of the molecule is CC(C)COc1ccc(C(=O)OCC(=O)NC(=O)NCc2ccco2)cc1. The highest BCUT2D eigenvalue weighted by atomic mass is 16.5. The van der Waals surface area contributed by atoms with Gasteiger partial charge in [0.1, 0.15) is 11.5 Å². The van der Waals surface area contributed by atoms with Crippen molar-refractivity contribution in [1.29, 1.82) is 0 Å². The molecule has 0 radical (unpaired) electrons. The lowest BCUT2D eigenvalue weighted by Gasteiger charge is -2.09. The molecule has 144 valence electrons. The number of amides is 3. The first-order valence-corrected chi connectivity index (χ1v) is 8.44. The van der Waals surface area contributed by atoms with E-state index in [1.807, 2.05) is 13.8 Å². The van der Waals surface area contributed by atoms with Crippen LogP contribution in [0.3, 0.4) is 0 Å². The second-order valence-electron chi connectivity index (χ2n) is 6.12. The van der Waals surface area contributed by atoms with Crippen LogP contribution in [-0.4, -0.2) is 31.1 Å². The van der Waals surface area contributed by atoms with Crippen LogP contribution >= 0.6 is 0 Å². The minimum atomic E-state index is -0.739. The van der Waals surface area contributed by atoms with Gasteiger partial charge in [-0.2, -0.15) is 0 Å². The molecule has 1 heterocycles. The molecular formula is C19H22N2O6. The van der Waals surface area contributed by atoms with Crippen molar-refractivity contribution in [1.82, 2.24) is 10.6 Å². The molecule has 8 heteroatoms. The predicted octanol–water partition coefficient (Wildman–Crippen LogP) is 2.50. The summed E-state index contributed by atoms with van der Waals surface area (Å²) in [6.45, 7) is 4.21. The maximum Gasteiger partial charge on any atom is 0.338 e. The lowest BCUT2D eigenvalue weighted by atomic mass is 10.2. The van der Waals surface area contributed by atoms with Crippen LogP contribution in [0.2, 0.25) is 0 Å². The van der Waals surface area contributed by atoms with Gasteiger partial charge in [0.15, 0.2) is 6.61 Å². The monoisotopic (exact) mass is 374 g/mol. The number of benzene rings is 1. The highest BCUT2D eigenvalue weighted by Gasteiger charge is 2.13. The Morgan fingerprint density at radius 1 is 1.11 bits per heavy atom. The summed E-state index contributed by atoms with van der Waals surface area (Å²) in [5, 5.41) is 4.50. The number of nitrogens with one attached hydrogen (secondary N) is 2. The van der Waals surface area contributed by atoms with E-state index in [4.69, 9.17) is 13.9 Å². The zero-order chi connectivity index (χ0) is 19.6. The summed E-state index contributed by atoms with van der Waals surface area (Å²) in [6, 6.07) is 9.06. The molecule has 1 aromatic carbocycles. The van der Waals surface area contributed by atoms with E-state index in [9.17, 15) is 14.4 Å². The largest absolute Gasteiger partial charge is 0.493 e. The molecule has 2 aromatic rings. The average Bonchev–Trinajstić information content (AvgIpc) is 3.17. The van der Waals surface area contributed by atoms with Gasteiger partial charge in [0.05, 0.1) is 25.0 Å². The van der Waals surface area contributed by atoms with Crippen LogP contribution in [0.5, 0.6) is 5.75 Å². The Bertz CT molecular complexity index is 753. The molecular weight excluding hydrogens is 352 g/mol. The van der Waals surface area contributed by atoms with Crippen molar-refractivity contribution in [3.8, 4) is 5.75 Å². The summed E-state index contributed by atoms with van der Waals surface area (Å²) in [7, 11) is 0. The third-order valence-electron chi connectivity index (χ3n) is 3.26. The van der Waals surface area contributed by atoms with Crippen molar-refractivity contribution < 1.29 is 28.3 Å². The Kier molecular flexibility index (Phi) is 7.42. The molecule has 0 aliphatic rings. The highest BCUT2D eigenvalue weighted by Crippen LogP contribution is 2.14. The first kappa shape index (κ1) is 20.0. The molecule has 2 N–H and O–H groups in total. The second kappa shape index (κ2) is 10.0. The molecule has 0 fully saturated rings. The quantitative estimate of drug-likeness (QED) is 0.688. The molecule has 2 rings (SSSR count). The van der Waals surface area contributed by atoms with Gasteiger partial charge in [-0.1, -0.05) is 13.8 Å². The zero-order valence-electron chi connectivity index (χ0n) is 15.2. The molecule has 27 heavy (non-hydrogen) atoms. The Morgan fingerprint density at radius 2 is 1.85 bits per heavy atom. The van der Waals surface area contributed by atoms with E-state index in [2.05, 4.69) is 10.6 Å². The van der Waals surface area contributed by atoms with Crippen molar-refractivity contribution in [2.24, 2.45) is 5.92 Å². The van der Waals surface area contributed by atoms with Gasteiger partial charge in [-0.3, -0.25) is 10.1 Å². The molecule has 0 aliphatic carbocycles. The zero-order valence-corrected chi connectivity index (χ0v) is 15.2. The van der Waals surface area contributed by atoms with Crippen LogP contribution < -0.4 is 15.4 Å². The molecule has 0 unspecified atom stereocenters. The van der Waals surface area contributed by atoms with E-state index >= 15 is 0 Å². The number of hydrogen-bond acceptors (Lipinski definition) is 6. The molecule has 0 saturated heterocycles. The normalized spacial score (nSPS) is 10.3. The van der Waals surface area contributed by atoms with Crippen LogP contribution in [0.15, 0.2) is 47.1 Å². The van der Waals surface area contributed by atoms with Crippen molar-refractivity contribution in [3.05, 3.63) is 54.0 Å². The maximum absolute atomic E-state index is 11.9. The Hall–Kier alpha value is -3.29. The molecule has 0 atom stereocenters. The molecule has 0 saturated carbocycles. The van der Waals surface area contributed by atoms with Gasteiger partial charge in [-0.15, -0.1) is 0 Å². The number of esters is 1. The molecule has 0 bridgehead atoms. The number of imide groups is 1. The molecule has 0 aliphatic heterocycles. The summed E-state index contributed by atoms with van der Waals surface area (Å²) < 4.78 is 15.5. The Balaban J connectivity index is 1.70. The average molecular weight is 374 g/mol. The first-order chi connectivity index (χ1) is 12.9. The van der Waals surface area contributed by atoms with E-state index in [-0.39, 0.29) is 12.1 Å². The fourth-order valence-corrected chi connectivity index (χ4v) is 1.95. The lowest BCUT2D eigenvalue weighted by Crippen LogP contribution is -2.41. The number of carbonyl (C=O) groups excluding carboxylic acids is 3. The van der Waals surface area contributed by atoms with E-state index < -0.39 is 24.5 Å². The van der Waals surface area contributed by atoms with Gasteiger partial charge in [-0.25, -0.2) is 9.59 Å². The minimum absolute atomic E-state index is 0.136. The van der Waals surface area contributed by atoms with Crippen LogP contribution in [0, 0.1) is 5.92 Å². The van der Waals surface area contributed by atoms with Crippen molar-refractivity contribution >= 4 is 17.9 Å². The van der Waals surface area contributed by atoms with E-state index in [1.54, 1.807) is 36.4 Å². The van der Waals surface area contributed by atoms with Crippen LogP contribution in [0.4, 0.5) is 4.79 Å². The topological polar surface area (TPSA) is 107 Å². The third kappa shape index (κ3) is 7.23. The van der Waals surface area contributed by atoms with E-state index in [0.29, 0.717) is 24.0 Å². The van der Waals surface area contributed by atoms with Crippen molar-refractivity contribution in [2.75, 3.05) is 13.2 Å². The number of furan rings is 1. The van der Waals surface area contributed by atoms with Gasteiger partial charge in [0, 0.05) is 0 Å². The second-order valence-corrected chi connectivity index (χ2v) is 6.12. The van der Waals surface area contributed by atoms with E-state index in [0.717, 1.165) is 0 Å². The van der Waals surface area contributed by atoms with Crippen LogP contribution in [0.1, 0.15) is 30.0 Å². The number of rotatable bonds is 8. The van der Waals surface area contributed by atoms with Gasteiger partial charge in [-0.05, 0) is 42.3 Å². The summed E-state index contributed by atoms with van der Waals surface area (Å²) in [5.74, 6) is 0.175.